The summed E-state index contributed by atoms with van der Waals surface area (Å²) in [6, 6.07) is -0.180. The Morgan fingerprint density at radius 1 is 1.19 bits per heavy atom. The molecule has 0 aliphatic rings. The van der Waals surface area contributed by atoms with Gasteiger partial charge in [0.05, 0.1) is 17.8 Å². The maximum absolute atomic E-state index is 14.4. The summed E-state index contributed by atoms with van der Waals surface area (Å²) in [5.41, 5.74) is -5.66. The van der Waals surface area contributed by atoms with Crippen LogP contribution in [-0.2, 0) is 10.7 Å². The van der Waals surface area contributed by atoms with Crippen molar-refractivity contribution in [3.63, 3.8) is 0 Å². The number of allylic oxidation sites excluding steroid dienone is 1. The molecule has 2 aromatic rings. The molecule has 0 saturated heterocycles. The van der Waals surface area contributed by atoms with Crippen molar-refractivity contribution < 1.29 is 45.0 Å². The van der Waals surface area contributed by atoms with E-state index in [0.29, 0.717) is 19.2 Å². The summed E-state index contributed by atoms with van der Waals surface area (Å²) in [6.07, 6.45) is -4.06. The monoisotopic (exact) mass is 474 g/mol. The highest BCUT2D eigenvalue weighted by atomic mass is 35.5. The van der Waals surface area contributed by atoms with Crippen molar-refractivity contribution in [3.05, 3.63) is 57.0 Å². The second-order valence-electron chi connectivity index (χ2n) is 5.63. The second kappa shape index (κ2) is 8.57. The smallest absolute Gasteiger partial charge is 0.459 e. The molecule has 0 spiro atoms. The van der Waals surface area contributed by atoms with E-state index in [4.69, 9.17) is 16.3 Å². The van der Waals surface area contributed by atoms with Gasteiger partial charge in [0.25, 0.3) is 5.56 Å². The quantitative estimate of drug-likeness (QED) is 0.280. The van der Waals surface area contributed by atoms with Gasteiger partial charge in [-0.15, -0.1) is 0 Å². The minimum absolute atomic E-state index is 0.0655. The standard InChI is InChI=1S/C17H10ClF7N2O4/c1-3-4-11(28)31-10-6-9(8(19)5-7(10)18)27-14(29)12(20)13(26-15(27)30-2)16(21,22)17(23,24)25/h3-6H,1-2H3. The Morgan fingerprint density at radius 2 is 1.81 bits per heavy atom. The van der Waals surface area contributed by atoms with Gasteiger partial charge in [0.1, 0.15) is 5.82 Å². The molecule has 0 amide bonds. The number of rotatable bonds is 5. The number of alkyl halides is 5. The summed E-state index contributed by atoms with van der Waals surface area (Å²) in [5.74, 6) is -11.3. The summed E-state index contributed by atoms with van der Waals surface area (Å²) in [5, 5.41) is -0.472. The molecule has 14 heteroatoms. The van der Waals surface area contributed by atoms with E-state index in [9.17, 15) is 40.3 Å². The van der Waals surface area contributed by atoms with Gasteiger partial charge in [-0.1, -0.05) is 17.7 Å². The highest BCUT2D eigenvalue weighted by molar-refractivity contribution is 6.32. The molecule has 2 rings (SSSR count). The molecule has 6 nitrogen and oxygen atoms in total. The Kier molecular flexibility index (Phi) is 6.69. The number of hydrogen-bond donors (Lipinski definition) is 0. The van der Waals surface area contributed by atoms with E-state index >= 15 is 0 Å². The first kappa shape index (κ1) is 24.2. The fourth-order valence-electron chi connectivity index (χ4n) is 2.22. The number of benzene rings is 1. The van der Waals surface area contributed by atoms with Gasteiger partial charge in [0.2, 0.25) is 5.82 Å². The Balaban J connectivity index is 2.79. The van der Waals surface area contributed by atoms with Crippen molar-refractivity contribution in [2.45, 2.75) is 19.0 Å². The van der Waals surface area contributed by atoms with Crippen LogP contribution in [0.2, 0.25) is 5.02 Å². The number of aromatic nitrogens is 2. The van der Waals surface area contributed by atoms with E-state index in [1.807, 2.05) is 0 Å². The topological polar surface area (TPSA) is 70.4 Å². The molecule has 1 aromatic carbocycles. The van der Waals surface area contributed by atoms with E-state index in [-0.39, 0.29) is 4.57 Å². The van der Waals surface area contributed by atoms with Crippen molar-refractivity contribution in [1.82, 2.24) is 9.55 Å². The van der Waals surface area contributed by atoms with Gasteiger partial charge in [0.15, 0.2) is 11.4 Å². The molecule has 168 valence electrons. The van der Waals surface area contributed by atoms with E-state index < -0.39 is 63.4 Å². The van der Waals surface area contributed by atoms with Crippen LogP contribution in [0.15, 0.2) is 29.1 Å². The van der Waals surface area contributed by atoms with Crippen LogP contribution in [0, 0.1) is 11.6 Å². The van der Waals surface area contributed by atoms with Crippen LogP contribution in [0.25, 0.3) is 5.69 Å². The van der Waals surface area contributed by atoms with Gasteiger partial charge < -0.3 is 9.47 Å². The lowest BCUT2D eigenvalue weighted by Crippen LogP contribution is -2.39. The Morgan fingerprint density at radius 3 is 2.32 bits per heavy atom. The maximum atomic E-state index is 14.4. The molecule has 0 saturated carbocycles. The summed E-state index contributed by atoms with van der Waals surface area (Å²) in [6.45, 7) is 1.47. The molecule has 0 radical (unpaired) electrons. The van der Waals surface area contributed by atoms with Crippen LogP contribution in [-0.4, -0.2) is 28.8 Å². The Labute approximate surface area is 173 Å². The second-order valence-corrected chi connectivity index (χ2v) is 6.04. The first-order chi connectivity index (χ1) is 14.3. The molecular weight excluding hydrogens is 465 g/mol. The fourth-order valence-corrected chi connectivity index (χ4v) is 2.41. The van der Waals surface area contributed by atoms with Crippen LogP contribution in [0.5, 0.6) is 11.8 Å². The summed E-state index contributed by atoms with van der Waals surface area (Å²) < 4.78 is 103. The normalized spacial score (nSPS) is 12.3. The zero-order chi connectivity index (χ0) is 23.7. The van der Waals surface area contributed by atoms with E-state index in [1.54, 1.807) is 0 Å². The minimum Gasteiger partial charge on any atom is -0.468 e. The predicted molar refractivity (Wildman–Crippen MR) is 91.7 cm³/mol. The number of carbonyl (C=O) groups excluding carboxylic acids is 1. The number of halogens is 8. The average molecular weight is 475 g/mol. The largest absolute Gasteiger partial charge is 0.468 e. The van der Waals surface area contributed by atoms with Gasteiger partial charge in [-0.2, -0.15) is 31.3 Å². The van der Waals surface area contributed by atoms with E-state index in [1.165, 1.54) is 13.0 Å². The average Bonchev–Trinajstić information content (AvgIpc) is 2.65. The summed E-state index contributed by atoms with van der Waals surface area (Å²) in [7, 11) is 0.701. The van der Waals surface area contributed by atoms with Crippen molar-refractivity contribution in [2.24, 2.45) is 0 Å². The van der Waals surface area contributed by atoms with Crippen molar-refractivity contribution >= 4 is 17.6 Å². The van der Waals surface area contributed by atoms with Gasteiger partial charge in [0, 0.05) is 12.1 Å². The van der Waals surface area contributed by atoms with Crippen LogP contribution >= 0.6 is 11.6 Å². The molecule has 0 unspecified atom stereocenters. The molecule has 1 heterocycles. The molecule has 0 bridgehead atoms. The first-order valence-corrected chi connectivity index (χ1v) is 8.29. The van der Waals surface area contributed by atoms with Crippen LogP contribution < -0.4 is 15.0 Å². The molecular formula is C17H10ClF7N2O4. The number of ether oxygens (including phenoxy) is 2. The predicted octanol–water partition coefficient (Wildman–Crippen LogP) is 4.31. The number of hydrogen-bond acceptors (Lipinski definition) is 5. The zero-order valence-electron chi connectivity index (χ0n) is 15.4. The fraction of sp³-hybridized carbons (Fsp3) is 0.235. The third-order valence-corrected chi connectivity index (χ3v) is 3.88. The highest BCUT2D eigenvalue weighted by Crippen LogP contribution is 2.44. The molecule has 31 heavy (non-hydrogen) atoms. The molecule has 0 N–H and O–H groups in total. The van der Waals surface area contributed by atoms with E-state index in [2.05, 4.69) is 9.72 Å². The Hall–Kier alpha value is -3.09. The van der Waals surface area contributed by atoms with Gasteiger partial charge in [-0.25, -0.2) is 13.8 Å². The lowest BCUT2D eigenvalue weighted by Gasteiger charge is -2.21. The molecule has 0 aliphatic heterocycles. The lowest BCUT2D eigenvalue weighted by molar-refractivity contribution is -0.292. The van der Waals surface area contributed by atoms with E-state index in [0.717, 1.165) is 6.08 Å². The number of nitrogens with zero attached hydrogens (tertiary/aromatic N) is 2. The van der Waals surface area contributed by atoms with Crippen molar-refractivity contribution in [2.75, 3.05) is 7.11 Å². The highest BCUT2D eigenvalue weighted by Gasteiger charge is 2.62. The minimum atomic E-state index is -6.29. The van der Waals surface area contributed by atoms with Gasteiger partial charge >= 0.3 is 24.1 Å². The molecule has 0 aliphatic carbocycles. The van der Waals surface area contributed by atoms with Crippen LogP contribution in [0.4, 0.5) is 30.7 Å². The molecule has 1 aromatic heterocycles. The van der Waals surface area contributed by atoms with Crippen molar-refractivity contribution in [3.8, 4) is 17.4 Å². The zero-order valence-corrected chi connectivity index (χ0v) is 16.1. The summed E-state index contributed by atoms with van der Waals surface area (Å²) in [4.78, 5) is 26.6. The third-order valence-electron chi connectivity index (χ3n) is 3.59. The van der Waals surface area contributed by atoms with Gasteiger partial charge in [-0.05, 0) is 13.0 Å². The molecule has 0 atom stereocenters. The van der Waals surface area contributed by atoms with Crippen LogP contribution in [0.3, 0.4) is 0 Å². The number of esters is 1. The van der Waals surface area contributed by atoms with Crippen LogP contribution in [0.1, 0.15) is 12.6 Å². The number of carbonyl (C=O) groups is 1. The van der Waals surface area contributed by atoms with Gasteiger partial charge in [-0.3, -0.25) is 4.79 Å². The number of methoxy groups -OCH3 is 1. The third kappa shape index (κ3) is 4.50. The SMILES string of the molecule is CC=CC(=O)Oc1cc(-n2c(OC)nc(C(F)(F)C(F)(F)F)c(F)c2=O)c(F)cc1Cl. The Bertz CT molecular complexity index is 1110. The lowest BCUT2D eigenvalue weighted by atomic mass is 10.2. The maximum Gasteiger partial charge on any atom is 0.459 e. The van der Waals surface area contributed by atoms with Crippen molar-refractivity contribution in [1.29, 1.82) is 0 Å². The first-order valence-electron chi connectivity index (χ1n) is 7.91. The molecule has 0 fully saturated rings. The summed E-state index contributed by atoms with van der Waals surface area (Å²) >= 11 is 5.74.